The van der Waals surface area contributed by atoms with Crippen molar-refractivity contribution in [2.75, 3.05) is 18.0 Å². The predicted molar refractivity (Wildman–Crippen MR) is 124 cm³/mol. The topological polar surface area (TPSA) is 27.0 Å². The van der Waals surface area contributed by atoms with Crippen LogP contribution in [0.2, 0.25) is 0 Å². The molecule has 0 saturated carbocycles. The molecule has 3 rings (SSSR count). The van der Waals surface area contributed by atoms with E-state index in [0.717, 1.165) is 37.2 Å². The molecule has 152 valence electrons. The Kier molecular flexibility index (Phi) is 7.15. The molecule has 2 nitrogen and oxygen atoms in total. The number of hydrogen-bond acceptors (Lipinski definition) is 2. The molecule has 1 heterocycles. The first-order chi connectivity index (χ1) is 14.0. The summed E-state index contributed by atoms with van der Waals surface area (Å²) in [4.78, 5) is 2.41. The summed E-state index contributed by atoms with van der Waals surface area (Å²) < 4.78 is 0. The van der Waals surface area contributed by atoms with E-state index in [2.05, 4.69) is 81.1 Å². The highest BCUT2D eigenvalue weighted by molar-refractivity contribution is 5.76. The van der Waals surface area contributed by atoms with Crippen molar-refractivity contribution in [3.8, 4) is 17.2 Å². The third kappa shape index (κ3) is 5.30. The van der Waals surface area contributed by atoms with Gasteiger partial charge >= 0.3 is 0 Å². The van der Waals surface area contributed by atoms with Crippen molar-refractivity contribution in [1.82, 2.24) is 0 Å². The fraction of sp³-hybridized carbons (Fsp3) is 0.444. The second-order valence-electron chi connectivity index (χ2n) is 8.74. The van der Waals surface area contributed by atoms with Crippen molar-refractivity contribution in [2.45, 2.75) is 65.7 Å². The number of benzene rings is 2. The summed E-state index contributed by atoms with van der Waals surface area (Å²) >= 11 is 0. The number of nitriles is 1. The molecule has 2 aromatic rings. The zero-order valence-electron chi connectivity index (χ0n) is 18.5. The van der Waals surface area contributed by atoms with Crippen LogP contribution in [0, 0.1) is 18.3 Å². The number of hydrogen-bond donors (Lipinski definition) is 0. The highest BCUT2D eigenvalue weighted by atomic mass is 15.1. The van der Waals surface area contributed by atoms with Crippen molar-refractivity contribution >= 4 is 5.69 Å². The fourth-order valence-electron chi connectivity index (χ4n) is 4.26. The molecular weight excluding hydrogens is 352 g/mol. The van der Waals surface area contributed by atoms with Gasteiger partial charge in [-0.3, -0.25) is 0 Å². The van der Waals surface area contributed by atoms with Crippen molar-refractivity contribution in [3.63, 3.8) is 0 Å². The van der Waals surface area contributed by atoms with Crippen LogP contribution in [0.3, 0.4) is 0 Å². The van der Waals surface area contributed by atoms with Crippen molar-refractivity contribution < 1.29 is 0 Å². The molecule has 0 aliphatic carbocycles. The van der Waals surface area contributed by atoms with E-state index in [-0.39, 0.29) is 0 Å². The number of aryl methyl sites for hydroxylation is 1. The molecule has 0 unspecified atom stereocenters. The molecule has 1 aliphatic heterocycles. The summed E-state index contributed by atoms with van der Waals surface area (Å²) in [6, 6.07) is 15.8. The summed E-state index contributed by atoms with van der Waals surface area (Å²) in [5, 5.41) is 9.92. The van der Waals surface area contributed by atoms with Gasteiger partial charge in [0, 0.05) is 13.1 Å². The monoisotopic (exact) mass is 386 g/mol. The maximum atomic E-state index is 9.92. The van der Waals surface area contributed by atoms with E-state index in [9.17, 15) is 5.26 Å². The first-order valence-corrected chi connectivity index (χ1v) is 11.0. The lowest BCUT2D eigenvalue weighted by atomic mass is 9.86. The predicted octanol–water partition coefficient (Wildman–Crippen LogP) is 7.37. The third-order valence-electron chi connectivity index (χ3n) is 6.03. The highest BCUT2D eigenvalue weighted by Crippen LogP contribution is 2.38. The Morgan fingerprint density at radius 2 is 1.79 bits per heavy atom. The van der Waals surface area contributed by atoms with E-state index in [1.54, 1.807) is 0 Å². The van der Waals surface area contributed by atoms with Gasteiger partial charge in [-0.25, -0.2) is 0 Å². The summed E-state index contributed by atoms with van der Waals surface area (Å²) in [7, 11) is 0. The van der Waals surface area contributed by atoms with Gasteiger partial charge in [0.1, 0.15) is 6.07 Å². The second kappa shape index (κ2) is 9.79. The molecule has 1 aliphatic rings. The Balaban J connectivity index is 2.06. The van der Waals surface area contributed by atoms with E-state index in [1.807, 2.05) is 0 Å². The van der Waals surface area contributed by atoms with Crippen molar-refractivity contribution in [2.24, 2.45) is 0 Å². The molecule has 0 spiro atoms. The molecule has 0 bridgehead atoms. The van der Waals surface area contributed by atoms with Crippen molar-refractivity contribution in [1.29, 1.82) is 5.26 Å². The van der Waals surface area contributed by atoms with Gasteiger partial charge in [-0.1, -0.05) is 48.4 Å². The first-order valence-electron chi connectivity index (χ1n) is 11.0. The molecule has 29 heavy (non-hydrogen) atoms. The number of nitrogens with zero attached hydrogens (tertiary/aromatic N) is 2. The van der Waals surface area contributed by atoms with Crippen LogP contribution in [-0.4, -0.2) is 13.1 Å². The molecule has 0 N–H and O–H groups in total. The summed E-state index contributed by atoms with van der Waals surface area (Å²) in [6.45, 7) is 10.8. The van der Waals surface area contributed by atoms with Crippen LogP contribution in [0.5, 0.6) is 0 Å². The van der Waals surface area contributed by atoms with E-state index in [4.69, 9.17) is 0 Å². The molecule has 0 aromatic heterocycles. The third-order valence-corrected chi connectivity index (χ3v) is 6.03. The Morgan fingerprint density at radius 3 is 2.41 bits per heavy atom. The number of anilines is 1. The second-order valence-corrected chi connectivity index (χ2v) is 8.74. The van der Waals surface area contributed by atoms with E-state index < -0.39 is 0 Å². The highest BCUT2D eigenvalue weighted by Gasteiger charge is 2.20. The Hall–Kier alpha value is -2.53. The van der Waals surface area contributed by atoms with Crippen molar-refractivity contribution in [3.05, 3.63) is 64.7 Å². The van der Waals surface area contributed by atoms with Crippen LogP contribution >= 0.6 is 0 Å². The van der Waals surface area contributed by atoms with Crippen LogP contribution in [0.15, 0.2) is 48.0 Å². The zero-order chi connectivity index (χ0) is 20.8. The van der Waals surface area contributed by atoms with Gasteiger partial charge in [0.05, 0.1) is 11.3 Å². The van der Waals surface area contributed by atoms with Gasteiger partial charge in [-0.2, -0.15) is 5.26 Å². The van der Waals surface area contributed by atoms with Gasteiger partial charge in [0.15, 0.2) is 0 Å². The minimum absolute atomic E-state index is 0.407. The molecule has 1 saturated heterocycles. The van der Waals surface area contributed by atoms with Gasteiger partial charge in [-0.15, -0.1) is 0 Å². The minimum Gasteiger partial charge on any atom is -0.370 e. The Labute approximate surface area is 176 Å². The average molecular weight is 387 g/mol. The molecular formula is C27H34N2. The van der Waals surface area contributed by atoms with Crippen LogP contribution in [0.4, 0.5) is 5.69 Å². The van der Waals surface area contributed by atoms with E-state index >= 15 is 0 Å². The van der Waals surface area contributed by atoms with Crippen LogP contribution in [-0.2, 0) is 0 Å². The van der Waals surface area contributed by atoms with Crippen LogP contribution in [0.25, 0.3) is 11.1 Å². The van der Waals surface area contributed by atoms with Gasteiger partial charge in [0.2, 0.25) is 0 Å². The normalized spacial score (nSPS) is 14.9. The van der Waals surface area contributed by atoms with Crippen LogP contribution < -0.4 is 4.90 Å². The smallest absolute Gasteiger partial charge is 0.101 e. The van der Waals surface area contributed by atoms with E-state index in [1.165, 1.54) is 47.1 Å². The maximum absolute atomic E-state index is 9.92. The van der Waals surface area contributed by atoms with Gasteiger partial charge in [0.25, 0.3) is 0 Å². The van der Waals surface area contributed by atoms with Gasteiger partial charge in [-0.05, 0) is 87.6 Å². The Bertz CT molecular complexity index is 889. The standard InChI is InChI=1S/C27H34N2/c1-20(2)9-8-10-22(4)25-17-24(19-28)27(29-15-6-5-7-16-29)18-26(25)23-13-11-21(3)12-14-23/h9,11-14,17-18,22H,5-8,10,15-16H2,1-4H3/t22-/m0/s1. The SMILES string of the molecule is CC(C)=CCC[C@H](C)c1cc(C#N)c(N2CCCCC2)cc1-c1ccc(C)cc1. The number of allylic oxidation sites excluding steroid dienone is 2. The minimum atomic E-state index is 0.407. The molecule has 0 radical (unpaired) electrons. The maximum Gasteiger partial charge on any atom is 0.101 e. The van der Waals surface area contributed by atoms with Crippen LogP contribution in [0.1, 0.15) is 75.5 Å². The summed E-state index contributed by atoms with van der Waals surface area (Å²) in [5.74, 6) is 0.407. The average Bonchev–Trinajstić information content (AvgIpc) is 2.73. The lowest BCUT2D eigenvalue weighted by molar-refractivity contribution is 0.577. The van der Waals surface area contributed by atoms with E-state index in [0.29, 0.717) is 5.92 Å². The number of piperidine rings is 1. The molecule has 2 aromatic carbocycles. The first kappa shape index (κ1) is 21.2. The molecule has 1 atom stereocenters. The van der Waals surface area contributed by atoms with Gasteiger partial charge < -0.3 is 4.90 Å². The number of rotatable bonds is 6. The lowest BCUT2D eigenvalue weighted by Gasteiger charge is -2.31. The summed E-state index contributed by atoms with van der Waals surface area (Å²) in [5.41, 5.74) is 8.42. The largest absolute Gasteiger partial charge is 0.370 e. The molecule has 2 heteroatoms. The molecule has 0 amide bonds. The summed E-state index contributed by atoms with van der Waals surface area (Å²) in [6.07, 6.45) is 8.21. The Morgan fingerprint density at radius 1 is 1.10 bits per heavy atom. The zero-order valence-corrected chi connectivity index (χ0v) is 18.5. The lowest BCUT2D eigenvalue weighted by Crippen LogP contribution is -2.30. The fourth-order valence-corrected chi connectivity index (χ4v) is 4.26. The molecule has 1 fully saturated rings. The quantitative estimate of drug-likeness (QED) is 0.484.